The minimum atomic E-state index is -1.05. The Kier molecular flexibility index (Phi) is 4.16. The number of amides is 1. The van der Waals surface area contributed by atoms with Gasteiger partial charge < -0.3 is 20.3 Å². The molecular weight excluding hydrogens is 248 g/mol. The van der Waals surface area contributed by atoms with Crippen molar-refractivity contribution in [2.75, 3.05) is 19.6 Å². The Morgan fingerprint density at radius 1 is 1.58 bits per heavy atom. The first-order chi connectivity index (χ1) is 9.08. The number of nitrogens with one attached hydrogen (secondary N) is 2. The van der Waals surface area contributed by atoms with Crippen LogP contribution in [0.25, 0.3) is 0 Å². The minimum Gasteiger partial charge on any atom is -0.476 e. The summed E-state index contributed by atoms with van der Waals surface area (Å²) in [6.07, 6.45) is 2.91. The van der Waals surface area contributed by atoms with Crippen LogP contribution >= 0.6 is 0 Å². The predicted molar refractivity (Wildman–Crippen MR) is 67.7 cm³/mol. The van der Waals surface area contributed by atoms with Crippen molar-refractivity contribution in [3.05, 3.63) is 18.2 Å². The molecule has 1 saturated heterocycles. The molecule has 3 N–H and O–H groups in total. The van der Waals surface area contributed by atoms with Crippen LogP contribution in [0.3, 0.4) is 0 Å². The second-order valence-corrected chi connectivity index (χ2v) is 4.83. The van der Waals surface area contributed by atoms with Crippen molar-refractivity contribution in [2.45, 2.75) is 13.5 Å². The van der Waals surface area contributed by atoms with Gasteiger partial charge in [-0.05, 0) is 12.5 Å². The maximum Gasteiger partial charge on any atom is 0.356 e. The van der Waals surface area contributed by atoms with Crippen molar-refractivity contribution >= 4 is 11.9 Å². The van der Waals surface area contributed by atoms with Crippen LogP contribution < -0.4 is 10.6 Å². The first kappa shape index (κ1) is 13.5. The first-order valence-electron chi connectivity index (χ1n) is 6.31. The molecule has 0 aromatic carbocycles. The topological polar surface area (TPSA) is 96.3 Å². The molecule has 0 saturated carbocycles. The molecule has 7 nitrogen and oxygen atoms in total. The number of hydrogen-bond acceptors (Lipinski definition) is 4. The summed E-state index contributed by atoms with van der Waals surface area (Å²) >= 11 is 0. The molecule has 0 aliphatic carbocycles. The largest absolute Gasteiger partial charge is 0.476 e. The number of imidazole rings is 1. The molecule has 0 bridgehead atoms. The van der Waals surface area contributed by atoms with Crippen LogP contribution in [-0.4, -0.2) is 46.2 Å². The standard InChI is InChI=1S/C12H18N4O3/c1-8-4-13-5-9(8)11(17)14-2-3-16-6-10(12(18)19)15-7-16/h6-9,13H,2-5H2,1H3,(H,14,17)(H,18,19)/t8-,9-/m1/s1. The second kappa shape index (κ2) is 5.83. The number of carboxylic acid groups (broad SMARTS) is 1. The van der Waals surface area contributed by atoms with Crippen molar-refractivity contribution in [1.29, 1.82) is 0 Å². The van der Waals surface area contributed by atoms with Crippen LogP contribution in [0, 0.1) is 11.8 Å². The summed E-state index contributed by atoms with van der Waals surface area (Å²) in [5, 5.41) is 14.8. The highest BCUT2D eigenvalue weighted by Gasteiger charge is 2.28. The van der Waals surface area contributed by atoms with E-state index in [1.54, 1.807) is 4.57 Å². The number of carboxylic acids is 1. The highest BCUT2D eigenvalue weighted by atomic mass is 16.4. The van der Waals surface area contributed by atoms with Gasteiger partial charge in [0.05, 0.1) is 12.2 Å². The zero-order valence-electron chi connectivity index (χ0n) is 10.8. The molecule has 0 unspecified atom stereocenters. The fourth-order valence-corrected chi connectivity index (χ4v) is 2.19. The quantitative estimate of drug-likeness (QED) is 0.671. The average molecular weight is 266 g/mol. The molecule has 19 heavy (non-hydrogen) atoms. The van der Waals surface area contributed by atoms with E-state index in [1.807, 2.05) is 0 Å². The van der Waals surface area contributed by atoms with Gasteiger partial charge in [0.1, 0.15) is 0 Å². The van der Waals surface area contributed by atoms with Gasteiger partial charge in [-0.2, -0.15) is 0 Å². The maximum absolute atomic E-state index is 11.9. The number of aromatic nitrogens is 2. The molecule has 2 atom stereocenters. The molecule has 1 amide bonds. The van der Waals surface area contributed by atoms with E-state index in [4.69, 9.17) is 5.11 Å². The van der Waals surface area contributed by atoms with Crippen molar-refractivity contribution in [2.24, 2.45) is 11.8 Å². The van der Waals surface area contributed by atoms with Crippen LogP contribution in [0.1, 0.15) is 17.4 Å². The van der Waals surface area contributed by atoms with Gasteiger partial charge in [0.2, 0.25) is 5.91 Å². The smallest absolute Gasteiger partial charge is 0.356 e. The summed E-state index contributed by atoms with van der Waals surface area (Å²) < 4.78 is 1.65. The van der Waals surface area contributed by atoms with E-state index in [2.05, 4.69) is 22.5 Å². The number of carbonyl (C=O) groups excluding carboxylic acids is 1. The van der Waals surface area contributed by atoms with Crippen molar-refractivity contribution in [1.82, 2.24) is 20.2 Å². The molecule has 1 aromatic rings. The number of hydrogen-bond donors (Lipinski definition) is 3. The summed E-state index contributed by atoms with van der Waals surface area (Å²) in [7, 11) is 0. The molecule has 1 aromatic heterocycles. The van der Waals surface area contributed by atoms with E-state index >= 15 is 0 Å². The van der Waals surface area contributed by atoms with Crippen LogP contribution in [0.2, 0.25) is 0 Å². The van der Waals surface area contributed by atoms with Gasteiger partial charge in [-0.25, -0.2) is 9.78 Å². The van der Waals surface area contributed by atoms with Gasteiger partial charge >= 0.3 is 5.97 Å². The highest BCUT2D eigenvalue weighted by Crippen LogP contribution is 2.15. The molecule has 0 radical (unpaired) electrons. The van der Waals surface area contributed by atoms with Gasteiger partial charge in [0.25, 0.3) is 0 Å². The SMILES string of the molecule is C[C@@H]1CNC[C@H]1C(=O)NCCn1cnc(C(=O)O)c1. The molecule has 0 spiro atoms. The van der Waals surface area contributed by atoms with Gasteiger partial charge in [-0.1, -0.05) is 6.92 Å². The van der Waals surface area contributed by atoms with Gasteiger partial charge in [0, 0.05) is 25.8 Å². The Morgan fingerprint density at radius 3 is 2.95 bits per heavy atom. The lowest BCUT2D eigenvalue weighted by molar-refractivity contribution is -0.125. The zero-order chi connectivity index (χ0) is 13.8. The number of carbonyl (C=O) groups is 2. The third-order valence-electron chi connectivity index (χ3n) is 3.38. The normalized spacial score (nSPS) is 22.4. The van der Waals surface area contributed by atoms with E-state index in [0.29, 0.717) is 19.0 Å². The Labute approximate surface area is 111 Å². The van der Waals surface area contributed by atoms with Crippen molar-refractivity contribution < 1.29 is 14.7 Å². The Morgan fingerprint density at radius 2 is 2.37 bits per heavy atom. The van der Waals surface area contributed by atoms with Crippen molar-refractivity contribution in [3.8, 4) is 0 Å². The van der Waals surface area contributed by atoms with E-state index in [0.717, 1.165) is 13.1 Å². The van der Waals surface area contributed by atoms with Crippen LogP contribution in [0.5, 0.6) is 0 Å². The van der Waals surface area contributed by atoms with E-state index in [9.17, 15) is 9.59 Å². The van der Waals surface area contributed by atoms with Crippen molar-refractivity contribution in [3.63, 3.8) is 0 Å². The molecule has 1 aliphatic rings. The zero-order valence-corrected chi connectivity index (χ0v) is 10.8. The lowest BCUT2D eigenvalue weighted by atomic mass is 9.97. The summed E-state index contributed by atoms with van der Waals surface area (Å²) in [5.41, 5.74) is 0.0138. The lowest BCUT2D eigenvalue weighted by Crippen LogP contribution is -2.36. The first-order valence-corrected chi connectivity index (χ1v) is 6.31. The number of rotatable bonds is 5. The van der Waals surface area contributed by atoms with Crippen LogP contribution in [0.4, 0.5) is 0 Å². The summed E-state index contributed by atoms with van der Waals surface area (Å²) in [6.45, 7) is 4.64. The summed E-state index contributed by atoms with van der Waals surface area (Å²) in [6, 6.07) is 0. The van der Waals surface area contributed by atoms with Crippen LogP contribution in [-0.2, 0) is 11.3 Å². The molecule has 2 rings (SSSR count). The Balaban J connectivity index is 1.76. The van der Waals surface area contributed by atoms with Crippen LogP contribution in [0.15, 0.2) is 12.5 Å². The van der Waals surface area contributed by atoms with Gasteiger partial charge in [-0.3, -0.25) is 4.79 Å². The van der Waals surface area contributed by atoms with E-state index < -0.39 is 5.97 Å². The molecule has 1 aliphatic heterocycles. The minimum absolute atomic E-state index is 0.0138. The Bertz CT molecular complexity index is 471. The predicted octanol–water partition coefficient (Wildman–Crippen LogP) is -0.447. The summed E-state index contributed by atoms with van der Waals surface area (Å²) in [5.74, 6) is -0.617. The third kappa shape index (κ3) is 3.31. The molecular formula is C12H18N4O3. The molecule has 7 heteroatoms. The van der Waals surface area contributed by atoms with Gasteiger partial charge in [-0.15, -0.1) is 0 Å². The fraction of sp³-hybridized carbons (Fsp3) is 0.583. The Hall–Kier alpha value is -1.89. The second-order valence-electron chi connectivity index (χ2n) is 4.83. The third-order valence-corrected chi connectivity index (χ3v) is 3.38. The fourth-order valence-electron chi connectivity index (χ4n) is 2.19. The monoisotopic (exact) mass is 266 g/mol. The highest BCUT2D eigenvalue weighted by molar-refractivity contribution is 5.84. The van der Waals surface area contributed by atoms with Gasteiger partial charge in [0.15, 0.2) is 5.69 Å². The van der Waals surface area contributed by atoms with E-state index in [-0.39, 0.29) is 17.5 Å². The number of nitrogens with zero attached hydrogens (tertiary/aromatic N) is 2. The lowest BCUT2D eigenvalue weighted by Gasteiger charge is -2.14. The summed E-state index contributed by atoms with van der Waals surface area (Å²) in [4.78, 5) is 26.3. The van der Waals surface area contributed by atoms with E-state index in [1.165, 1.54) is 12.5 Å². The molecule has 1 fully saturated rings. The molecule has 104 valence electrons. The maximum atomic E-state index is 11.9. The average Bonchev–Trinajstić information content (AvgIpc) is 2.97. The number of aromatic carboxylic acids is 1. The molecule has 2 heterocycles.